The molecule has 4 rings (SSSR count). The molecule has 0 fully saturated rings. The summed E-state index contributed by atoms with van der Waals surface area (Å²) in [5.74, 6) is 1.13. The molecule has 0 radical (unpaired) electrons. The van der Waals surface area contributed by atoms with Crippen molar-refractivity contribution in [3.05, 3.63) is 75.1 Å². The standard InChI is InChI=1S/C19H16N4O2S/c1-11-7-3-4-8-13(11)18-22-23-19(25-18)26-12(2)16-20-15-10-6-5-9-14(15)17(24)21-16/h3-10,12,22H,1H2,2H3,(H,20,21,24). The van der Waals surface area contributed by atoms with Gasteiger partial charge in [0.2, 0.25) is 5.88 Å². The van der Waals surface area contributed by atoms with Gasteiger partial charge in [0.05, 0.1) is 16.2 Å². The first kappa shape index (κ1) is 16.4. The molecule has 1 unspecified atom stereocenters. The molecule has 7 heteroatoms. The van der Waals surface area contributed by atoms with E-state index in [0.29, 0.717) is 27.8 Å². The number of hydrogen-bond acceptors (Lipinski definition) is 6. The van der Waals surface area contributed by atoms with Crippen LogP contribution in [0, 0.1) is 0 Å². The van der Waals surface area contributed by atoms with E-state index in [1.165, 1.54) is 11.8 Å². The lowest BCUT2D eigenvalue weighted by atomic mass is 10.2. The maximum Gasteiger partial charge on any atom is 0.275 e. The molecule has 1 atom stereocenters. The predicted molar refractivity (Wildman–Crippen MR) is 105 cm³/mol. The van der Waals surface area contributed by atoms with Gasteiger partial charge in [-0.1, -0.05) is 48.7 Å². The Bertz CT molecular complexity index is 1190. The molecule has 1 aliphatic rings. The molecule has 0 spiro atoms. The largest absolute Gasteiger partial charge is 0.413 e. The van der Waals surface area contributed by atoms with Gasteiger partial charge >= 0.3 is 0 Å². The molecule has 2 N–H and O–H groups in total. The van der Waals surface area contributed by atoms with Gasteiger partial charge in [-0.25, -0.2) is 10.4 Å². The van der Waals surface area contributed by atoms with Crippen LogP contribution in [-0.4, -0.2) is 15.2 Å². The lowest BCUT2D eigenvalue weighted by Crippen LogP contribution is -2.28. The minimum Gasteiger partial charge on any atom is -0.413 e. The van der Waals surface area contributed by atoms with Crippen LogP contribution in [0.4, 0.5) is 0 Å². The molecular formula is C19H16N4O2S. The van der Waals surface area contributed by atoms with Gasteiger partial charge in [0.15, 0.2) is 0 Å². The quantitative estimate of drug-likeness (QED) is 0.725. The van der Waals surface area contributed by atoms with Gasteiger partial charge in [0, 0.05) is 5.22 Å². The third-order valence-electron chi connectivity index (χ3n) is 3.99. The SMILES string of the molecule is C=c1ccccc1=C1NN=C(SC(C)c2nc3ccccc3c(=O)[nH]2)O1. The second-order valence-corrected chi connectivity index (χ2v) is 7.10. The van der Waals surface area contributed by atoms with Crippen molar-refractivity contribution in [3.63, 3.8) is 0 Å². The smallest absolute Gasteiger partial charge is 0.275 e. The first-order valence-electron chi connectivity index (χ1n) is 8.07. The van der Waals surface area contributed by atoms with E-state index >= 15 is 0 Å². The Balaban J connectivity index is 1.57. The number of H-pyrrole nitrogens is 1. The number of nitrogens with one attached hydrogen (secondary N) is 2. The lowest BCUT2D eigenvalue weighted by molar-refractivity contribution is 0.514. The molecule has 26 heavy (non-hydrogen) atoms. The Labute approximate surface area is 153 Å². The molecule has 0 aliphatic carbocycles. The number of aromatic nitrogens is 2. The number of hydrogen-bond donors (Lipinski definition) is 2. The lowest BCUT2D eigenvalue weighted by Gasteiger charge is -2.10. The molecule has 0 amide bonds. The molecule has 130 valence electrons. The normalized spacial score (nSPS) is 16.7. The zero-order valence-electron chi connectivity index (χ0n) is 14.0. The van der Waals surface area contributed by atoms with Crippen LogP contribution in [-0.2, 0) is 4.74 Å². The first-order chi connectivity index (χ1) is 12.6. The number of para-hydroxylation sites is 1. The van der Waals surface area contributed by atoms with Crippen molar-refractivity contribution in [2.24, 2.45) is 5.10 Å². The van der Waals surface area contributed by atoms with Crippen molar-refractivity contribution in [1.29, 1.82) is 0 Å². The highest BCUT2D eigenvalue weighted by Crippen LogP contribution is 2.29. The molecule has 1 aromatic heterocycles. The number of thioether (sulfide) groups is 1. The summed E-state index contributed by atoms with van der Waals surface area (Å²) in [5, 5.41) is 6.82. The summed E-state index contributed by atoms with van der Waals surface area (Å²) >= 11 is 1.37. The van der Waals surface area contributed by atoms with Crippen LogP contribution in [0.3, 0.4) is 0 Å². The summed E-state index contributed by atoms with van der Waals surface area (Å²) in [7, 11) is 0. The summed E-state index contributed by atoms with van der Waals surface area (Å²) in [6.07, 6.45) is 0. The molecule has 2 heterocycles. The van der Waals surface area contributed by atoms with Crippen LogP contribution in [0.5, 0.6) is 0 Å². The zero-order chi connectivity index (χ0) is 18.1. The molecule has 2 aromatic carbocycles. The summed E-state index contributed by atoms with van der Waals surface area (Å²) in [4.78, 5) is 19.6. The molecule has 0 saturated heterocycles. The highest BCUT2D eigenvalue weighted by Gasteiger charge is 2.20. The van der Waals surface area contributed by atoms with Crippen molar-refractivity contribution in [3.8, 4) is 0 Å². The van der Waals surface area contributed by atoms with E-state index < -0.39 is 0 Å². The summed E-state index contributed by atoms with van der Waals surface area (Å²) in [6, 6.07) is 14.9. The monoisotopic (exact) mass is 364 g/mol. The zero-order valence-corrected chi connectivity index (χ0v) is 14.8. The minimum atomic E-state index is -0.149. The van der Waals surface area contributed by atoms with Crippen molar-refractivity contribution in [2.75, 3.05) is 0 Å². The molecule has 1 aliphatic heterocycles. The topological polar surface area (TPSA) is 79.4 Å². The minimum absolute atomic E-state index is 0.137. The molecule has 0 saturated carbocycles. The van der Waals surface area contributed by atoms with Gasteiger partial charge in [0.1, 0.15) is 5.82 Å². The molecular weight excluding hydrogens is 348 g/mol. The molecule has 3 aromatic rings. The van der Waals surface area contributed by atoms with Crippen molar-refractivity contribution >= 4 is 40.4 Å². The number of fused-ring (bicyclic) bond motifs is 1. The van der Waals surface area contributed by atoms with Gasteiger partial charge in [-0.2, -0.15) is 0 Å². The molecule has 6 nitrogen and oxygen atoms in total. The maximum absolute atomic E-state index is 12.2. The summed E-state index contributed by atoms with van der Waals surface area (Å²) in [5.41, 5.74) is 3.41. The van der Waals surface area contributed by atoms with Crippen molar-refractivity contribution in [1.82, 2.24) is 15.4 Å². The summed E-state index contributed by atoms with van der Waals surface area (Å²) in [6.45, 7) is 5.93. The van der Waals surface area contributed by atoms with Gasteiger partial charge in [0.25, 0.3) is 10.8 Å². The third kappa shape index (κ3) is 3.09. The second kappa shape index (κ2) is 6.68. The van der Waals surface area contributed by atoms with Gasteiger partial charge in [-0.05, 0) is 30.3 Å². The second-order valence-electron chi connectivity index (χ2n) is 5.81. The van der Waals surface area contributed by atoms with Crippen LogP contribution < -0.4 is 21.4 Å². The van der Waals surface area contributed by atoms with E-state index in [4.69, 9.17) is 4.74 Å². The number of rotatable bonds is 2. The fourth-order valence-electron chi connectivity index (χ4n) is 2.64. The van der Waals surface area contributed by atoms with E-state index in [9.17, 15) is 4.79 Å². The van der Waals surface area contributed by atoms with Crippen LogP contribution in [0.2, 0.25) is 0 Å². The Morgan fingerprint density at radius 2 is 1.92 bits per heavy atom. The highest BCUT2D eigenvalue weighted by atomic mass is 32.2. The van der Waals surface area contributed by atoms with E-state index in [0.717, 1.165) is 10.4 Å². The maximum atomic E-state index is 12.2. The fraction of sp³-hybridized carbons (Fsp3) is 0.105. The van der Waals surface area contributed by atoms with Gasteiger partial charge < -0.3 is 9.72 Å². The summed E-state index contributed by atoms with van der Waals surface area (Å²) < 4.78 is 5.80. The fourth-order valence-corrected chi connectivity index (χ4v) is 3.40. The van der Waals surface area contributed by atoms with E-state index in [1.807, 2.05) is 49.4 Å². The van der Waals surface area contributed by atoms with E-state index in [-0.39, 0.29) is 10.8 Å². The highest BCUT2D eigenvalue weighted by molar-refractivity contribution is 8.13. The van der Waals surface area contributed by atoms with E-state index in [2.05, 4.69) is 27.1 Å². The number of hydrazone groups is 1. The average molecular weight is 364 g/mol. The Morgan fingerprint density at radius 3 is 2.77 bits per heavy atom. The Kier molecular flexibility index (Phi) is 4.22. The Hall–Kier alpha value is -3.06. The average Bonchev–Trinajstić information content (AvgIpc) is 3.10. The molecule has 0 bridgehead atoms. The van der Waals surface area contributed by atoms with Crippen molar-refractivity contribution in [2.45, 2.75) is 12.2 Å². The van der Waals surface area contributed by atoms with Crippen LogP contribution in [0.1, 0.15) is 18.0 Å². The first-order valence-corrected chi connectivity index (χ1v) is 8.95. The van der Waals surface area contributed by atoms with Crippen LogP contribution >= 0.6 is 11.8 Å². The van der Waals surface area contributed by atoms with Crippen molar-refractivity contribution < 1.29 is 4.74 Å². The van der Waals surface area contributed by atoms with Gasteiger partial charge in [-0.3, -0.25) is 4.79 Å². The van der Waals surface area contributed by atoms with Crippen LogP contribution in [0.25, 0.3) is 23.4 Å². The van der Waals surface area contributed by atoms with E-state index in [1.54, 1.807) is 6.07 Å². The number of nitrogens with zero attached hydrogens (tertiary/aromatic N) is 2. The van der Waals surface area contributed by atoms with Gasteiger partial charge in [-0.15, -0.1) is 5.10 Å². The number of benzene rings is 2. The Morgan fingerprint density at radius 1 is 1.15 bits per heavy atom. The number of ether oxygens (including phenoxy) is 1. The number of aromatic amines is 1. The predicted octanol–water partition coefficient (Wildman–Crippen LogP) is 1.78. The third-order valence-corrected chi connectivity index (χ3v) is 4.95. The van der Waals surface area contributed by atoms with Crippen LogP contribution in [0.15, 0.2) is 58.4 Å².